The maximum Gasteiger partial charge on any atom is 0.249 e. The molecule has 0 unspecified atom stereocenters. The molecule has 0 saturated heterocycles. The molecule has 2 amide bonds. The van der Waals surface area contributed by atoms with E-state index in [1.165, 1.54) is 24.3 Å². The van der Waals surface area contributed by atoms with E-state index < -0.39 is 11.9 Å². The Labute approximate surface area is 148 Å². The molecule has 1 aliphatic heterocycles. The molecule has 128 valence electrons. The lowest BCUT2D eigenvalue weighted by Gasteiger charge is -2.21. The monoisotopic (exact) mass is 360 g/mol. The van der Waals surface area contributed by atoms with E-state index in [1.807, 2.05) is 0 Å². The van der Waals surface area contributed by atoms with Crippen LogP contribution < -0.4 is 16.0 Å². The molecule has 3 N–H and O–H groups in total. The SMILES string of the molecule is O=C1C[C@@H](C(=O)Nc2ccc(Cl)cc2)N=C(Nc2ccc(F)cc2)N1. The van der Waals surface area contributed by atoms with E-state index in [-0.39, 0.29) is 24.1 Å². The minimum atomic E-state index is -0.868. The second-order valence-electron chi connectivity index (χ2n) is 5.37. The van der Waals surface area contributed by atoms with Gasteiger partial charge in [-0.2, -0.15) is 0 Å². The average Bonchev–Trinajstić information content (AvgIpc) is 2.58. The lowest BCUT2D eigenvalue weighted by molar-refractivity contribution is -0.124. The number of anilines is 2. The zero-order valence-corrected chi connectivity index (χ0v) is 13.7. The van der Waals surface area contributed by atoms with Crippen molar-refractivity contribution in [3.8, 4) is 0 Å². The second-order valence-corrected chi connectivity index (χ2v) is 5.81. The molecule has 0 bridgehead atoms. The molecule has 0 aliphatic carbocycles. The first-order valence-corrected chi connectivity index (χ1v) is 7.84. The maximum absolute atomic E-state index is 12.9. The third-order valence-electron chi connectivity index (χ3n) is 3.44. The van der Waals surface area contributed by atoms with Crippen molar-refractivity contribution in [1.29, 1.82) is 0 Å². The molecule has 8 heteroatoms. The highest BCUT2D eigenvalue weighted by Gasteiger charge is 2.27. The fourth-order valence-electron chi connectivity index (χ4n) is 2.24. The van der Waals surface area contributed by atoms with E-state index in [1.54, 1.807) is 24.3 Å². The van der Waals surface area contributed by atoms with Crippen LogP contribution in [0.25, 0.3) is 0 Å². The van der Waals surface area contributed by atoms with E-state index >= 15 is 0 Å². The van der Waals surface area contributed by atoms with Gasteiger partial charge in [0.2, 0.25) is 17.8 Å². The third-order valence-corrected chi connectivity index (χ3v) is 3.69. The molecule has 0 radical (unpaired) electrons. The minimum Gasteiger partial charge on any atom is -0.326 e. The summed E-state index contributed by atoms with van der Waals surface area (Å²) in [7, 11) is 0. The summed E-state index contributed by atoms with van der Waals surface area (Å²) in [6.07, 6.45) is -0.0615. The van der Waals surface area contributed by atoms with Gasteiger partial charge in [-0.25, -0.2) is 9.38 Å². The van der Waals surface area contributed by atoms with Gasteiger partial charge in [-0.1, -0.05) is 11.6 Å². The van der Waals surface area contributed by atoms with Crippen molar-refractivity contribution in [2.75, 3.05) is 10.6 Å². The molecular formula is C17H14ClFN4O2. The van der Waals surface area contributed by atoms with Crippen LogP contribution in [0, 0.1) is 5.82 Å². The van der Waals surface area contributed by atoms with Gasteiger partial charge in [0.05, 0.1) is 6.42 Å². The van der Waals surface area contributed by atoms with Crippen molar-refractivity contribution >= 4 is 40.7 Å². The predicted octanol–water partition coefficient (Wildman–Crippen LogP) is 2.77. The topological polar surface area (TPSA) is 82.6 Å². The predicted molar refractivity (Wildman–Crippen MR) is 94.1 cm³/mol. The molecule has 1 heterocycles. The van der Waals surface area contributed by atoms with Crippen LogP contribution in [-0.4, -0.2) is 23.8 Å². The van der Waals surface area contributed by atoms with Crippen LogP contribution in [0.3, 0.4) is 0 Å². The van der Waals surface area contributed by atoms with Crippen molar-refractivity contribution in [2.45, 2.75) is 12.5 Å². The first kappa shape index (κ1) is 16.9. The summed E-state index contributed by atoms with van der Waals surface area (Å²) in [6.45, 7) is 0. The first-order valence-electron chi connectivity index (χ1n) is 7.46. The van der Waals surface area contributed by atoms with Gasteiger partial charge in [0.1, 0.15) is 11.9 Å². The highest BCUT2D eigenvalue weighted by atomic mass is 35.5. The number of benzene rings is 2. The van der Waals surface area contributed by atoms with Crippen LogP contribution in [-0.2, 0) is 9.59 Å². The molecule has 0 spiro atoms. The van der Waals surface area contributed by atoms with E-state index in [0.717, 1.165) is 0 Å². The standard InChI is InChI=1S/C17H14ClFN4O2/c18-10-1-5-12(6-2-10)20-16(25)14-9-15(24)23-17(22-14)21-13-7-3-11(19)4-8-13/h1-8,14H,9H2,(H,20,25)(H2,21,22,23,24)/t14-/m0/s1. The van der Waals surface area contributed by atoms with Gasteiger partial charge in [-0.3, -0.25) is 14.9 Å². The molecule has 0 fully saturated rings. The summed E-state index contributed by atoms with van der Waals surface area (Å²) in [5, 5.41) is 8.64. The molecule has 3 rings (SSSR count). The first-order chi connectivity index (χ1) is 12.0. The van der Waals surface area contributed by atoms with Crippen LogP contribution in [0.4, 0.5) is 15.8 Å². The zero-order chi connectivity index (χ0) is 17.8. The summed E-state index contributed by atoms with van der Waals surface area (Å²) in [5.41, 5.74) is 1.10. The molecule has 2 aromatic carbocycles. The van der Waals surface area contributed by atoms with Crippen molar-refractivity contribution < 1.29 is 14.0 Å². The van der Waals surface area contributed by atoms with Crippen LogP contribution in [0.2, 0.25) is 5.02 Å². The van der Waals surface area contributed by atoms with Gasteiger partial charge in [0.25, 0.3) is 0 Å². The van der Waals surface area contributed by atoms with Gasteiger partial charge in [-0.05, 0) is 48.5 Å². The number of hydrogen-bond acceptors (Lipinski definition) is 4. The Morgan fingerprint density at radius 2 is 1.76 bits per heavy atom. The van der Waals surface area contributed by atoms with E-state index in [9.17, 15) is 14.0 Å². The number of nitrogens with zero attached hydrogens (tertiary/aromatic N) is 1. The number of nitrogens with one attached hydrogen (secondary N) is 3. The van der Waals surface area contributed by atoms with E-state index in [2.05, 4.69) is 20.9 Å². The quantitative estimate of drug-likeness (QED) is 0.787. The largest absolute Gasteiger partial charge is 0.326 e. The summed E-state index contributed by atoms with van der Waals surface area (Å²) in [6, 6.07) is 11.3. The van der Waals surface area contributed by atoms with Crippen molar-refractivity contribution in [1.82, 2.24) is 5.32 Å². The lowest BCUT2D eigenvalue weighted by atomic mass is 10.1. The molecule has 1 atom stereocenters. The molecule has 0 saturated carbocycles. The zero-order valence-electron chi connectivity index (χ0n) is 12.9. The number of rotatable bonds is 3. The Morgan fingerprint density at radius 1 is 1.12 bits per heavy atom. The fraction of sp³-hybridized carbons (Fsp3) is 0.118. The highest BCUT2D eigenvalue weighted by Crippen LogP contribution is 2.16. The normalized spacial score (nSPS) is 16.6. The van der Waals surface area contributed by atoms with Crippen LogP contribution in [0.5, 0.6) is 0 Å². The lowest BCUT2D eigenvalue weighted by Crippen LogP contribution is -2.45. The summed E-state index contributed by atoms with van der Waals surface area (Å²) < 4.78 is 12.9. The highest BCUT2D eigenvalue weighted by molar-refractivity contribution is 6.30. The number of carbonyl (C=O) groups is 2. The number of aliphatic imine (C=N–C) groups is 1. The van der Waals surface area contributed by atoms with E-state index in [4.69, 9.17) is 11.6 Å². The van der Waals surface area contributed by atoms with Gasteiger partial charge in [-0.15, -0.1) is 0 Å². The van der Waals surface area contributed by atoms with Gasteiger partial charge in [0.15, 0.2) is 0 Å². The number of guanidine groups is 1. The Kier molecular flexibility index (Phi) is 4.95. The van der Waals surface area contributed by atoms with Gasteiger partial charge in [0, 0.05) is 16.4 Å². The second kappa shape index (κ2) is 7.31. The molecular weight excluding hydrogens is 347 g/mol. The number of hydrogen-bond donors (Lipinski definition) is 3. The van der Waals surface area contributed by atoms with Crippen LogP contribution in [0.1, 0.15) is 6.42 Å². The average molecular weight is 361 g/mol. The number of carbonyl (C=O) groups excluding carboxylic acids is 2. The molecule has 2 aromatic rings. The van der Waals surface area contributed by atoms with Gasteiger partial charge < -0.3 is 10.6 Å². The number of halogens is 2. The third kappa shape index (κ3) is 4.54. The van der Waals surface area contributed by atoms with Crippen molar-refractivity contribution in [3.05, 3.63) is 59.4 Å². The van der Waals surface area contributed by atoms with Crippen LogP contribution in [0.15, 0.2) is 53.5 Å². The Balaban J connectivity index is 1.71. The van der Waals surface area contributed by atoms with Crippen molar-refractivity contribution in [2.24, 2.45) is 4.99 Å². The number of amides is 2. The fourth-order valence-corrected chi connectivity index (χ4v) is 2.36. The Bertz CT molecular complexity index is 822. The molecule has 0 aromatic heterocycles. The molecule has 6 nitrogen and oxygen atoms in total. The summed E-state index contributed by atoms with van der Waals surface area (Å²) in [5.74, 6) is -0.981. The summed E-state index contributed by atoms with van der Waals surface area (Å²) >= 11 is 5.80. The molecule has 1 aliphatic rings. The van der Waals surface area contributed by atoms with Gasteiger partial charge >= 0.3 is 0 Å². The summed E-state index contributed by atoms with van der Waals surface area (Å²) in [4.78, 5) is 28.4. The van der Waals surface area contributed by atoms with Crippen LogP contribution >= 0.6 is 11.6 Å². The minimum absolute atomic E-state index is 0.0615. The van der Waals surface area contributed by atoms with Crippen molar-refractivity contribution in [3.63, 3.8) is 0 Å². The Hall–Kier alpha value is -2.93. The molecule has 25 heavy (non-hydrogen) atoms. The van der Waals surface area contributed by atoms with E-state index in [0.29, 0.717) is 16.4 Å². The maximum atomic E-state index is 12.9. The smallest absolute Gasteiger partial charge is 0.249 e. The Morgan fingerprint density at radius 3 is 2.44 bits per heavy atom.